The molecule has 1 unspecified atom stereocenters. The summed E-state index contributed by atoms with van der Waals surface area (Å²) in [5.41, 5.74) is -0.195. The van der Waals surface area contributed by atoms with Crippen LogP contribution in [0.5, 0.6) is 0 Å². The van der Waals surface area contributed by atoms with Crippen LogP contribution in [0.4, 0.5) is 0 Å². The van der Waals surface area contributed by atoms with Crippen molar-refractivity contribution in [3.05, 3.63) is 0 Å². The number of aliphatic hydroxyl groups is 1. The van der Waals surface area contributed by atoms with Crippen LogP contribution in [0, 0.1) is 5.92 Å². The van der Waals surface area contributed by atoms with Crippen LogP contribution in [0.3, 0.4) is 0 Å². The van der Waals surface area contributed by atoms with Gasteiger partial charge in [0.1, 0.15) is 6.04 Å². The molecule has 4 heteroatoms. The molecular formula is C12H24N2O2. The van der Waals surface area contributed by atoms with E-state index < -0.39 is 0 Å². The lowest BCUT2D eigenvalue weighted by Gasteiger charge is -2.43. The smallest absolute Gasteiger partial charge is 0.240 e. The standard InChI is InChI=1S/C12H24N2O2/c1-9(2)5-6-14-8-12(3,4)13-11(16)10(14)7-15/h9-10,15H,5-8H2,1-4H3,(H,13,16). The minimum absolute atomic E-state index is 0.0532. The highest BCUT2D eigenvalue weighted by molar-refractivity contribution is 5.83. The van der Waals surface area contributed by atoms with Crippen molar-refractivity contribution in [1.29, 1.82) is 0 Å². The minimum atomic E-state index is -0.369. The first kappa shape index (κ1) is 13.5. The summed E-state index contributed by atoms with van der Waals surface area (Å²) in [7, 11) is 0. The second-order valence-electron chi connectivity index (χ2n) is 5.72. The van der Waals surface area contributed by atoms with E-state index in [1.54, 1.807) is 0 Å². The van der Waals surface area contributed by atoms with Crippen LogP contribution in [-0.2, 0) is 4.79 Å². The molecule has 1 aliphatic heterocycles. The Bertz CT molecular complexity index is 251. The van der Waals surface area contributed by atoms with Gasteiger partial charge < -0.3 is 10.4 Å². The molecule has 0 aromatic heterocycles. The molecule has 1 fully saturated rings. The number of nitrogens with zero attached hydrogens (tertiary/aromatic N) is 1. The monoisotopic (exact) mass is 228 g/mol. The zero-order valence-corrected chi connectivity index (χ0v) is 10.8. The summed E-state index contributed by atoms with van der Waals surface area (Å²) in [4.78, 5) is 13.9. The highest BCUT2D eigenvalue weighted by Gasteiger charge is 2.37. The van der Waals surface area contributed by atoms with Crippen LogP contribution >= 0.6 is 0 Å². The first-order valence-corrected chi connectivity index (χ1v) is 6.02. The number of hydrogen-bond donors (Lipinski definition) is 2. The Kier molecular flexibility index (Phi) is 4.33. The Balaban J connectivity index is 2.65. The quantitative estimate of drug-likeness (QED) is 0.741. The Morgan fingerprint density at radius 2 is 2.19 bits per heavy atom. The summed E-state index contributed by atoms with van der Waals surface area (Å²) in [5.74, 6) is 0.565. The Morgan fingerprint density at radius 3 is 2.69 bits per heavy atom. The van der Waals surface area contributed by atoms with Gasteiger partial charge in [-0.1, -0.05) is 13.8 Å². The molecule has 0 bridgehead atoms. The van der Waals surface area contributed by atoms with Gasteiger partial charge in [-0.2, -0.15) is 0 Å². The Hall–Kier alpha value is -0.610. The predicted octanol–water partition coefficient (Wildman–Crippen LogP) is 0.604. The van der Waals surface area contributed by atoms with Crippen molar-refractivity contribution in [2.24, 2.45) is 5.92 Å². The van der Waals surface area contributed by atoms with Gasteiger partial charge in [0, 0.05) is 12.1 Å². The Labute approximate surface area is 98.0 Å². The summed E-state index contributed by atoms with van der Waals surface area (Å²) < 4.78 is 0. The normalized spacial score (nSPS) is 25.9. The molecular weight excluding hydrogens is 204 g/mol. The lowest BCUT2D eigenvalue weighted by atomic mass is 9.97. The maximum atomic E-state index is 11.8. The second-order valence-corrected chi connectivity index (χ2v) is 5.72. The fraction of sp³-hybridized carbons (Fsp3) is 0.917. The molecule has 2 N–H and O–H groups in total. The number of aliphatic hydroxyl groups excluding tert-OH is 1. The van der Waals surface area contributed by atoms with Gasteiger partial charge in [-0.25, -0.2) is 0 Å². The number of carbonyl (C=O) groups is 1. The van der Waals surface area contributed by atoms with E-state index in [-0.39, 0.29) is 24.1 Å². The molecule has 4 nitrogen and oxygen atoms in total. The molecule has 0 aromatic rings. The van der Waals surface area contributed by atoms with Crippen LogP contribution in [0.25, 0.3) is 0 Å². The zero-order chi connectivity index (χ0) is 12.3. The third-order valence-corrected chi connectivity index (χ3v) is 2.97. The third kappa shape index (κ3) is 3.46. The van der Waals surface area contributed by atoms with Gasteiger partial charge in [-0.15, -0.1) is 0 Å². The molecule has 0 spiro atoms. The van der Waals surface area contributed by atoms with Crippen molar-refractivity contribution < 1.29 is 9.90 Å². The van der Waals surface area contributed by atoms with E-state index in [1.165, 1.54) is 0 Å². The predicted molar refractivity (Wildman–Crippen MR) is 64.1 cm³/mol. The van der Waals surface area contributed by atoms with E-state index in [9.17, 15) is 9.90 Å². The van der Waals surface area contributed by atoms with Crippen molar-refractivity contribution in [3.63, 3.8) is 0 Å². The third-order valence-electron chi connectivity index (χ3n) is 2.97. The number of carbonyl (C=O) groups excluding carboxylic acids is 1. The van der Waals surface area contributed by atoms with Gasteiger partial charge in [0.05, 0.1) is 6.61 Å². The molecule has 1 aliphatic rings. The largest absolute Gasteiger partial charge is 0.394 e. The van der Waals surface area contributed by atoms with Gasteiger partial charge in [0.2, 0.25) is 5.91 Å². The van der Waals surface area contributed by atoms with Crippen LogP contribution in [0.2, 0.25) is 0 Å². The molecule has 0 aromatic carbocycles. The summed E-state index contributed by atoms with van der Waals surface area (Å²) >= 11 is 0. The summed E-state index contributed by atoms with van der Waals surface area (Å²) in [5, 5.41) is 12.2. The molecule has 1 heterocycles. The van der Waals surface area contributed by atoms with Crippen LogP contribution in [0.1, 0.15) is 34.1 Å². The van der Waals surface area contributed by atoms with Crippen molar-refractivity contribution in [2.45, 2.75) is 45.7 Å². The van der Waals surface area contributed by atoms with E-state index in [0.29, 0.717) is 5.92 Å². The van der Waals surface area contributed by atoms with E-state index in [4.69, 9.17) is 0 Å². The zero-order valence-electron chi connectivity index (χ0n) is 10.8. The highest BCUT2D eigenvalue weighted by atomic mass is 16.3. The minimum Gasteiger partial charge on any atom is -0.394 e. The topological polar surface area (TPSA) is 52.6 Å². The van der Waals surface area contributed by atoms with Gasteiger partial charge in [0.15, 0.2) is 0 Å². The molecule has 0 aliphatic carbocycles. The molecule has 1 saturated heterocycles. The van der Waals surface area contributed by atoms with E-state index in [2.05, 4.69) is 24.1 Å². The highest BCUT2D eigenvalue weighted by Crippen LogP contribution is 2.17. The van der Waals surface area contributed by atoms with Crippen molar-refractivity contribution in [2.75, 3.05) is 19.7 Å². The van der Waals surface area contributed by atoms with Gasteiger partial charge in [-0.3, -0.25) is 9.69 Å². The maximum absolute atomic E-state index is 11.8. The first-order chi connectivity index (χ1) is 7.35. The maximum Gasteiger partial charge on any atom is 0.240 e. The summed E-state index contributed by atoms with van der Waals surface area (Å²) in [6.45, 7) is 9.95. The van der Waals surface area contributed by atoms with Crippen molar-refractivity contribution in [1.82, 2.24) is 10.2 Å². The number of nitrogens with one attached hydrogen (secondary N) is 1. The van der Waals surface area contributed by atoms with Gasteiger partial charge >= 0.3 is 0 Å². The molecule has 1 rings (SSSR count). The van der Waals surface area contributed by atoms with Gasteiger partial charge in [0.25, 0.3) is 0 Å². The average molecular weight is 228 g/mol. The van der Waals surface area contributed by atoms with Crippen molar-refractivity contribution >= 4 is 5.91 Å². The first-order valence-electron chi connectivity index (χ1n) is 6.02. The molecule has 0 radical (unpaired) electrons. The summed E-state index contributed by atoms with van der Waals surface area (Å²) in [6, 6.07) is -0.369. The molecule has 0 saturated carbocycles. The lowest BCUT2D eigenvalue weighted by Crippen LogP contribution is -2.65. The lowest BCUT2D eigenvalue weighted by molar-refractivity contribution is -0.134. The van der Waals surface area contributed by atoms with Crippen LogP contribution < -0.4 is 5.32 Å². The molecule has 16 heavy (non-hydrogen) atoms. The summed E-state index contributed by atoms with van der Waals surface area (Å²) in [6.07, 6.45) is 1.06. The van der Waals surface area contributed by atoms with E-state index in [0.717, 1.165) is 19.5 Å². The molecule has 1 atom stereocenters. The fourth-order valence-corrected chi connectivity index (χ4v) is 2.10. The Morgan fingerprint density at radius 1 is 1.56 bits per heavy atom. The number of rotatable bonds is 4. The number of amides is 1. The SMILES string of the molecule is CC(C)CCN1CC(C)(C)NC(=O)C1CO. The average Bonchev–Trinajstić information content (AvgIpc) is 2.12. The van der Waals surface area contributed by atoms with Crippen LogP contribution in [0.15, 0.2) is 0 Å². The van der Waals surface area contributed by atoms with E-state index in [1.807, 2.05) is 13.8 Å². The van der Waals surface area contributed by atoms with E-state index >= 15 is 0 Å². The van der Waals surface area contributed by atoms with Crippen molar-refractivity contribution in [3.8, 4) is 0 Å². The second kappa shape index (κ2) is 5.15. The number of piperazine rings is 1. The number of hydrogen-bond acceptors (Lipinski definition) is 3. The molecule has 1 amide bonds. The molecule has 94 valence electrons. The fourth-order valence-electron chi connectivity index (χ4n) is 2.10. The van der Waals surface area contributed by atoms with Gasteiger partial charge in [-0.05, 0) is 32.7 Å². The van der Waals surface area contributed by atoms with Crippen LogP contribution in [-0.4, -0.2) is 47.2 Å².